The molecule has 2 amide bonds. The van der Waals surface area contributed by atoms with Crippen molar-refractivity contribution < 1.29 is 24.2 Å². The lowest BCUT2D eigenvalue weighted by molar-refractivity contribution is -0.152. The number of aliphatic hydroxyl groups is 1. The standard InChI is InChI=1S/C32H35N3O5S/c1-3-33(4-2)22-13-15-23(16-14-22)34-18-9-17-32-27(26-25(41-32)12-8-19-40-31(26)39)29(37)35(28(32)30(34)38)24(20-36)21-10-6-5-7-11-21/h5-17,24-28,36H,3-4,18-20H2,1-2H3/t24-,25+,26-,27+,28?,32+/m1/s1. The van der Waals surface area contributed by atoms with Gasteiger partial charge in [0.25, 0.3) is 5.91 Å². The van der Waals surface area contributed by atoms with Crippen LogP contribution in [0.15, 0.2) is 78.9 Å². The maximum Gasteiger partial charge on any atom is 0.311 e. The predicted octanol–water partition coefficient (Wildman–Crippen LogP) is 3.58. The van der Waals surface area contributed by atoms with Crippen LogP contribution in [0.1, 0.15) is 25.5 Å². The Morgan fingerprint density at radius 2 is 1.76 bits per heavy atom. The van der Waals surface area contributed by atoms with Crippen molar-refractivity contribution in [1.82, 2.24) is 4.90 Å². The molecule has 9 heteroatoms. The van der Waals surface area contributed by atoms with E-state index in [0.29, 0.717) is 6.54 Å². The normalized spacial score (nSPS) is 29.4. The minimum atomic E-state index is -0.984. The summed E-state index contributed by atoms with van der Waals surface area (Å²) in [5.74, 6) is -2.46. The SMILES string of the molecule is CCN(CC)c1ccc(N2CC=C[C@]34S[C@H]5C=CCOC(=O)[C@H]5[C@H]3C(=O)N([C@H](CO)c3ccccc3)C4C2=O)cc1. The van der Waals surface area contributed by atoms with Crippen LogP contribution in [0.3, 0.4) is 0 Å². The van der Waals surface area contributed by atoms with Crippen molar-refractivity contribution in [3.8, 4) is 0 Å². The highest BCUT2D eigenvalue weighted by molar-refractivity contribution is 8.02. The zero-order chi connectivity index (χ0) is 28.7. The van der Waals surface area contributed by atoms with Crippen LogP contribution in [-0.2, 0) is 19.1 Å². The molecule has 0 aliphatic carbocycles. The molecular formula is C32H35N3O5S. The van der Waals surface area contributed by atoms with Gasteiger partial charge in [0.15, 0.2) is 0 Å². The predicted molar refractivity (Wildman–Crippen MR) is 160 cm³/mol. The topological polar surface area (TPSA) is 90.4 Å². The Hall–Kier alpha value is -3.56. The first-order chi connectivity index (χ1) is 19.9. The highest BCUT2D eigenvalue weighted by atomic mass is 32.2. The van der Waals surface area contributed by atoms with Gasteiger partial charge in [-0.2, -0.15) is 0 Å². The van der Waals surface area contributed by atoms with E-state index in [9.17, 15) is 19.5 Å². The quantitative estimate of drug-likeness (QED) is 0.400. The molecule has 0 aromatic heterocycles. The number of cyclic esters (lactones) is 1. The van der Waals surface area contributed by atoms with Gasteiger partial charge >= 0.3 is 5.97 Å². The number of amides is 2. The van der Waals surface area contributed by atoms with Crippen molar-refractivity contribution in [1.29, 1.82) is 0 Å². The van der Waals surface area contributed by atoms with E-state index in [1.807, 2.05) is 78.9 Å². The van der Waals surface area contributed by atoms with Crippen molar-refractivity contribution >= 4 is 40.9 Å². The second kappa shape index (κ2) is 11.0. The summed E-state index contributed by atoms with van der Waals surface area (Å²) < 4.78 is 4.49. The lowest BCUT2D eigenvalue weighted by Crippen LogP contribution is -2.54. The summed E-state index contributed by atoms with van der Waals surface area (Å²) in [7, 11) is 0. The summed E-state index contributed by atoms with van der Waals surface area (Å²) in [5.41, 5.74) is 2.55. The number of rotatable bonds is 7. The van der Waals surface area contributed by atoms with Crippen LogP contribution in [-0.4, -0.2) is 76.7 Å². The van der Waals surface area contributed by atoms with E-state index >= 15 is 0 Å². The number of aliphatic hydroxyl groups excluding tert-OH is 1. The molecule has 1 N–H and O–H groups in total. The van der Waals surface area contributed by atoms with Gasteiger partial charge < -0.3 is 24.5 Å². The minimum Gasteiger partial charge on any atom is -0.461 e. The van der Waals surface area contributed by atoms with Crippen LogP contribution in [0.5, 0.6) is 0 Å². The number of anilines is 2. The van der Waals surface area contributed by atoms with Crippen molar-refractivity contribution in [2.75, 3.05) is 42.6 Å². The van der Waals surface area contributed by atoms with Crippen LogP contribution >= 0.6 is 11.8 Å². The van der Waals surface area contributed by atoms with Crippen LogP contribution in [0.25, 0.3) is 0 Å². The van der Waals surface area contributed by atoms with Gasteiger partial charge in [-0.3, -0.25) is 14.4 Å². The van der Waals surface area contributed by atoms with Crippen molar-refractivity contribution in [3.63, 3.8) is 0 Å². The van der Waals surface area contributed by atoms with E-state index in [1.165, 1.54) is 11.8 Å². The van der Waals surface area contributed by atoms with Crippen LogP contribution in [0.4, 0.5) is 11.4 Å². The average molecular weight is 574 g/mol. The molecule has 1 spiro atoms. The zero-order valence-corrected chi connectivity index (χ0v) is 24.1. The Kier molecular flexibility index (Phi) is 7.42. The third-order valence-corrected chi connectivity index (χ3v) is 10.6. The molecule has 1 unspecified atom stereocenters. The number of likely N-dealkylation sites (tertiary alicyclic amines) is 1. The minimum absolute atomic E-state index is 0.169. The number of fused-ring (bicyclic) bond motifs is 2. The zero-order valence-electron chi connectivity index (χ0n) is 23.3. The molecule has 41 heavy (non-hydrogen) atoms. The molecule has 6 rings (SSSR count). The Balaban J connectivity index is 1.46. The summed E-state index contributed by atoms with van der Waals surface area (Å²) in [6.45, 7) is 6.12. The summed E-state index contributed by atoms with van der Waals surface area (Å²) in [5, 5.41) is 10.4. The van der Waals surface area contributed by atoms with Gasteiger partial charge in [0.1, 0.15) is 12.6 Å². The number of ether oxygens (including phenoxy) is 1. The fraction of sp³-hybridized carbons (Fsp3) is 0.406. The van der Waals surface area contributed by atoms with Crippen LogP contribution in [0.2, 0.25) is 0 Å². The highest BCUT2D eigenvalue weighted by Gasteiger charge is 2.72. The van der Waals surface area contributed by atoms with E-state index in [0.717, 1.165) is 30.0 Å². The maximum absolute atomic E-state index is 14.7. The van der Waals surface area contributed by atoms with Gasteiger partial charge in [-0.1, -0.05) is 54.6 Å². The van der Waals surface area contributed by atoms with Crippen LogP contribution < -0.4 is 9.80 Å². The van der Waals surface area contributed by atoms with Gasteiger partial charge in [0, 0.05) is 36.3 Å². The smallest absolute Gasteiger partial charge is 0.311 e. The Morgan fingerprint density at radius 1 is 1.02 bits per heavy atom. The molecular weight excluding hydrogens is 538 g/mol. The molecule has 8 nitrogen and oxygen atoms in total. The number of carbonyl (C=O) groups is 3. The van der Waals surface area contributed by atoms with Crippen molar-refractivity contribution in [2.45, 2.75) is 35.9 Å². The van der Waals surface area contributed by atoms with E-state index in [1.54, 1.807) is 9.80 Å². The lowest BCUT2D eigenvalue weighted by Gasteiger charge is -2.38. The number of carbonyl (C=O) groups excluding carboxylic acids is 3. The van der Waals surface area contributed by atoms with E-state index in [2.05, 4.69) is 18.7 Å². The van der Waals surface area contributed by atoms with Gasteiger partial charge in [-0.15, -0.1) is 11.8 Å². The largest absolute Gasteiger partial charge is 0.461 e. The van der Waals surface area contributed by atoms with Gasteiger partial charge in [-0.05, 0) is 43.7 Å². The number of esters is 1. The lowest BCUT2D eigenvalue weighted by atomic mass is 9.78. The molecule has 6 atom stereocenters. The third kappa shape index (κ3) is 4.37. The van der Waals surface area contributed by atoms with E-state index in [-0.39, 0.29) is 30.3 Å². The molecule has 214 valence electrons. The molecule has 0 bridgehead atoms. The van der Waals surface area contributed by atoms with Crippen molar-refractivity contribution in [3.05, 3.63) is 84.5 Å². The molecule has 2 fully saturated rings. The van der Waals surface area contributed by atoms with E-state index < -0.39 is 34.6 Å². The molecule has 4 heterocycles. The van der Waals surface area contributed by atoms with Gasteiger partial charge in [-0.25, -0.2) is 0 Å². The number of benzene rings is 2. The molecule has 4 aliphatic rings. The number of hydrogen-bond donors (Lipinski definition) is 1. The fourth-order valence-electron chi connectivity index (χ4n) is 6.94. The first-order valence-electron chi connectivity index (χ1n) is 14.3. The molecule has 0 radical (unpaired) electrons. The van der Waals surface area contributed by atoms with Crippen molar-refractivity contribution in [2.24, 2.45) is 11.8 Å². The summed E-state index contributed by atoms with van der Waals surface area (Å²) in [6.07, 6.45) is 7.68. The monoisotopic (exact) mass is 573 g/mol. The average Bonchev–Trinajstić information content (AvgIpc) is 3.29. The molecule has 2 aromatic carbocycles. The van der Waals surface area contributed by atoms with Gasteiger partial charge in [0.05, 0.1) is 29.2 Å². The summed E-state index contributed by atoms with van der Waals surface area (Å²) >= 11 is 1.50. The Bertz CT molecular complexity index is 1380. The summed E-state index contributed by atoms with van der Waals surface area (Å²) in [6, 6.07) is 15.6. The number of nitrogens with zero attached hydrogens (tertiary/aromatic N) is 3. The number of thioether (sulfide) groups is 1. The van der Waals surface area contributed by atoms with E-state index in [4.69, 9.17) is 4.74 Å². The third-order valence-electron chi connectivity index (χ3n) is 8.83. The second-order valence-corrected chi connectivity index (χ2v) is 12.3. The first-order valence-corrected chi connectivity index (χ1v) is 15.2. The fourth-order valence-corrected chi connectivity index (χ4v) is 8.93. The first kappa shape index (κ1) is 27.6. The maximum atomic E-state index is 14.7. The molecule has 4 aliphatic heterocycles. The summed E-state index contributed by atoms with van der Waals surface area (Å²) in [4.78, 5) is 47.9. The molecule has 0 saturated carbocycles. The Labute approximate surface area is 244 Å². The van der Waals surface area contributed by atoms with Gasteiger partial charge in [0.2, 0.25) is 5.91 Å². The van der Waals surface area contributed by atoms with Crippen LogP contribution in [0, 0.1) is 11.8 Å². The second-order valence-electron chi connectivity index (χ2n) is 10.8. The molecule has 2 aromatic rings. The molecule has 2 saturated heterocycles. The number of hydrogen-bond acceptors (Lipinski definition) is 7. The highest BCUT2D eigenvalue weighted by Crippen LogP contribution is 2.62. The Morgan fingerprint density at radius 3 is 2.44 bits per heavy atom.